The van der Waals surface area contributed by atoms with Crippen molar-refractivity contribution in [3.05, 3.63) is 0 Å². The van der Waals surface area contributed by atoms with E-state index in [-0.39, 0.29) is 0 Å². The first-order valence-electron chi connectivity index (χ1n) is 3.98. The maximum absolute atomic E-state index is 5.16. The molecule has 0 spiro atoms. The summed E-state index contributed by atoms with van der Waals surface area (Å²) in [4.78, 5) is 0. The maximum Gasteiger partial charge on any atom is 0.0812 e. The van der Waals surface area contributed by atoms with Crippen LogP contribution >= 0.6 is 0 Å². The molecule has 1 saturated heterocycles. The lowest BCUT2D eigenvalue weighted by Gasteiger charge is -2.04. The van der Waals surface area contributed by atoms with Crippen molar-refractivity contribution < 1.29 is 4.74 Å². The molecule has 0 N–H and O–H groups in total. The van der Waals surface area contributed by atoms with Crippen LogP contribution in [0.4, 0.5) is 0 Å². The molecule has 0 radical (unpaired) electrons. The smallest absolute Gasteiger partial charge is 0.0812 e. The van der Waals surface area contributed by atoms with Crippen LogP contribution in [0.25, 0.3) is 0 Å². The first kappa shape index (κ1) is 5.72. The topological polar surface area (TPSA) is 12.5 Å². The summed E-state index contributed by atoms with van der Waals surface area (Å²) >= 11 is 0. The predicted octanol–water partition coefficient (Wildman–Crippen LogP) is 1.82. The van der Waals surface area contributed by atoms with Gasteiger partial charge in [0.05, 0.1) is 12.7 Å². The van der Waals surface area contributed by atoms with E-state index < -0.39 is 0 Å². The molecular weight excluding hydrogens is 112 g/mol. The largest absolute Gasteiger partial charge is 0.373 e. The van der Waals surface area contributed by atoms with E-state index in [0.29, 0.717) is 6.10 Å². The quantitative estimate of drug-likeness (QED) is 0.525. The molecule has 2 unspecified atom stereocenters. The fourth-order valence-corrected chi connectivity index (χ4v) is 1.48. The Labute approximate surface area is 56.4 Å². The average molecular weight is 126 g/mol. The van der Waals surface area contributed by atoms with E-state index in [0.717, 1.165) is 18.4 Å². The molecule has 9 heavy (non-hydrogen) atoms. The minimum absolute atomic E-state index is 0.653. The zero-order valence-corrected chi connectivity index (χ0v) is 5.97. The normalized spacial score (nSPS) is 36.3. The lowest BCUT2D eigenvalue weighted by Crippen LogP contribution is -2.00. The lowest BCUT2D eigenvalue weighted by atomic mass is 10.0. The second-order valence-corrected chi connectivity index (χ2v) is 3.51. The first-order chi connectivity index (χ1) is 4.36. The van der Waals surface area contributed by atoms with E-state index in [1.807, 2.05) is 0 Å². The Kier molecular flexibility index (Phi) is 1.26. The van der Waals surface area contributed by atoms with Crippen molar-refractivity contribution in [2.24, 2.45) is 11.8 Å². The molecule has 2 rings (SSSR count). The van der Waals surface area contributed by atoms with Crippen molar-refractivity contribution >= 4 is 0 Å². The second kappa shape index (κ2) is 1.98. The molecule has 1 heteroatoms. The molecule has 0 aromatic rings. The number of epoxide rings is 1. The van der Waals surface area contributed by atoms with E-state index in [9.17, 15) is 0 Å². The van der Waals surface area contributed by atoms with Gasteiger partial charge in [-0.1, -0.05) is 6.92 Å². The zero-order valence-electron chi connectivity index (χ0n) is 5.97. The van der Waals surface area contributed by atoms with Crippen LogP contribution in [0.2, 0.25) is 0 Å². The molecule has 52 valence electrons. The van der Waals surface area contributed by atoms with Gasteiger partial charge in [-0.3, -0.25) is 0 Å². The standard InChI is InChI=1S/C8H14O/c1-6(7-2-3-7)4-8-5-9-8/h6-8H,2-5H2,1H3. The van der Waals surface area contributed by atoms with Crippen LogP contribution in [0, 0.1) is 11.8 Å². The number of hydrogen-bond donors (Lipinski definition) is 0. The van der Waals surface area contributed by atoms with Gasteiger partial charge in [0.15, 0.2) is 0 Å². The Morgan fingerprint density at radius 1 is 1.56 bits per heavy atom. The summed E-state index contributed by atoms with van der Waals surface area (Å²) in [5.41, 5.74) is 0. The van der Waals surface area contributed by atoms with Crippen LogP contribution in [0.5, 0.6) is 0 Å². The minimum Gasteiger partial charge on any atom is -0.373 e. The number of hydrogen-bond acceptors (Lipinski definition) is 1. The van der Waals surface area contributed by atoms with Crippen molar-refractivity contribution in [2.45, 2.75) is 32.3 Å². The minimum atomic E-state index is 0.653. The lowest BCUT2D eigenvalue weighted by molar-refractivity contribution is 0.346. The third-order valence-electron chi connectivity index (χ3n) is 2.46. The highest BCUT2D eigenvalue weighted by Crippen LogP contribution is 2.40. The maximum atomic E-state index is 5.16. The van der Waals surface area contributed by atoms with Gasteiger partial charge in [-0.2, -0.15) is 0 Å². The van der Waals surface area contributed by atoms with Crippen LogP contribution in [0.15, 0.2) is 0 Å². The summed E-state index contributed by atoms with van der Waals surface area (Å²) in [7, 11) is 0. The van der Waals surface area contributed by atoms with E-state index in [4.69, 9.17) is 4.74 Å². The first-order valence-corrected chi connectivity index (χ1v) is 3.98. The average Bonchev–Trinajstić information content (AvgIpc) is 2.62. The Morgan fingerprint density at radius 3 is 2.67 bits per heavy atom. The van der Waals surface area contributed by atoms with Gasteiger partial charge in [0, 0.05) is 0 Å². The number of rotatable bonds is 3. The molecule has 1 saturated carbocycles. The van der Waals surface area contributed by atoms with Crippen molar-refractivity contribution in [3.63, 3.8) is 0 Å². The summed E-state index contributed by atoms with van der Waals surface area (Å²) in [5.74, 6) is 2.01. The highest BCUT2D eigenvalue weighted by Gasteiger charge is 2.33. The van der Waals surface area contributed by atoms with Gasteiger partial charge >= 0.3 is 0 Å². The summed E-state index contributed by atoms with van der Waals surface area (Å²) in [6.45, 7) is 3.40. The molecule has 2 atom stereocenters. The monoisotopic (exact) mass is 126 g/mol. The molecule has 0 amide bonds. The molecule has 0 aromatic heterocycles. The highest BCUT2D eigenvalue weighted by atomic mass is 16.6. The molecule has 1 nitrogen and oxygen atoms in total. The second-order valence-electron chi connectivity index (χ2n) is 3.51. The van der Waals surface area contributed by atoms with Crippen LogP contribution in [-0.4, -0.2) is 12.7 Å². The zero-order chi connectivity index (χ0) is 6.27. The molecule has 0 bridgehead atoms. The van der Waals surface area contributed by atoms with Gasteiger partial charge in [0.1, 0.15) is 0 Å². The Morgan fingerprint density at radius 2 is 2.22 bits per heavy atom. The van der Waals surface area contributed by atoms with Crippen molar-refractivity contribution in [1.29, 1.82) is 0 Å². The fraction of sp³-hybridized carbons (Fsp3) is 1.00. The van der Waals surface area contributed by atoms with Gasteiger partial charge in [0.25, 0.3) is 0 Å². The summed E-state index contributed by atoms with van der Waals surface area (Å²) in [6, 6.07) is 0. The van der Waals surface area contributed by atoms with Gasteiger partial charge < -0.3 is 4.74 Å². The Hall–Kier alpha value is -0.0400. The molecule has 2 fully saturated rings. The van der Waals surface area contributed by atoms with Crippen molar-refractivity contribution in [2.75, 3.05) is 6.61 Å². The molecule has 1 aliphatic heterocycles. The van der Waals surface area contributed by atoms with Crippen LogP contribution in [0.3, 0.4) is 0 Å². The van der Waals surface area contributed by atoms with Crippen molar-refractivity contribution in [3.8, 4) is 0 Å². The van der Waals surface area contributed by atoms with E-state index in [1.165, 1.54) is 19.3 Å². The van der Waals surface area contributed by atoms with Gasteiger partial charge in [-0.15, -0.1) is 0 Å². The van der Waals surface area contributed by atoms with Gasteiger partial charge in [-0.25, -0.2) is 0 Å². The van der Waals surface area contributed by atoms with E-state index in [1.54, 1.807) is 0 Å². The fourth-order valence-electron chi connectivity index (χ4n) is 1.48. The summed E-state index contributed by atoms with van der Waals surface area (Å²) in [5, 5.41) is 0. The predicted molar refractivity (Wildman–Crippen MR) is 36.2 cm³/mol. The molecule has 2 aliphatic rings. The summed E-state index contributed by atoms with van der Waals surface area (Å²) < 4.78 is 5.16. The van der Waals surface area contributed by atoms with Crippen LogP contribution in [-0.2, 0) is 4.74 Å². The third-order valence-corrected chi connectivity index (χ3v) is 2.46. The van der Waals surface area contributed by atoms with Gasteiger partial charge in [0.2, 0.25) is 0 Å². The van der Waals surface area contributed by atoms with E-state index >= 15 is 0 Å². The molecule has 1 heterocycles. The Balaban J connectivity index is 1.69. The van der Waals surface area contributed by atoms with E-state index in [2.05, 4.69) is 6.92 Å². The van der Waals surface area contributed by atoms with Gasteiger partial charge in [-0.05, 0) is 31.1 Å². The SMILES string of the molecule is CC(CC1CO1)C1CC1. The summed E-state index contributed by atoms with van der Waals surface area (Å²) in [6.07, 6.45) is 4.94. The molecule has 0 aromatic carbocycles. The van der Waals surface area contributed by atoms with Crippen LogP contribution < -0.4 is 0 Å². The molecule has 1 aliphatic carbocycles. The Bertz CT molecular complexity index is 103. The van der Waals surface area contributed by atoms with Crippen LogP contribution in [0.1, 0.15) is 26.2 Å². The molecular formula is C8H14O. The number of ether oxygens (including phenoxy) is 1. The van der Waals surface area contributed by atoms with Crippen molar-refractivity contribution in [1.82, 2.24) is 0 Å². The third kappa shape index (κ3) is 1.45. The highest BCUT2D eigenvalue weighted by molar-refractivity contribution is 4.83.